The number of para-hydroxylation sites is 1. The highest BCUT2D eigenvalue weighted by molar-refractivity contribution is 7.92. The Morgan fingerprint density at radius 3 is 2.19 bits per heavy atom. The molecule has 0 bridgehead atoms. The summed E-state index contributed by atoms with van der Waals surface area (Å²) in [4.78, 5) is 2.47. The highest BCUT2D eigenvalue weighted by Gasteiger charge is 2.19. The number of anilines is 2. The molecule has 1 saturated heterocycles. The molecule has 168 valence electrons. The van der Waals surface area contributed by atoms with Gasteiger partial charge in [-0.3, -0.25) is 4.72 Å². The average molecular weight is 453 g/mol. The Hall–Kier alpha value is -3.03. The first-order chi connectivity index (χ1) is 15.4. The Kier molecular flexibility index (Phi) is 6.67. The Morgan fingerprint density at radius 2 is 1.56 bits per heavy atom. The van der Waals surface area contributed by atoms with Crippen molar-refractivity contribution in [1.82, 2.24) is 0 Å². The molecule has 0 atom stereocenters. The van der Waals surface area contributed by atoms with E-state index in [1.54, 1.807) is 43.5 Å². The molecule has 0 saturated carbocycles. The average Bonchev–Trinajstić information content (AvgIpc) is 2.81. The van der Waals surface area contributed by atoms with Crippen LogP contribution in [0.15, 0.2) is 77.7 Å². The lowest BCUT2D eigenvalue weighted by Crippen LogP contribution is -2.36. The topological polar surface area (TPSA) is 67.9 Å². The van der Waals surface area contributed by atoms with Gasteiger partial charge in [-0.1, -0.05) is 18.2 Å². The van der Waals surface area contributed by atoms with Gasteiger partial charge in [0.2, 0.25) is 0 Å². The van der Waals surface area contributed by atoms with E-state index >= 15 is 0 Å². The molecular formula is C25H28N2O4S. The highest BCUT2D eigenvalue weighted by Crippen LogP contribution is 2.27. The normalized spacial score (nSPS) is 14.9. The standard InChI is InChI=1S/C25H28N2O4S/c1-19-5-3-4-6-25(19)31-23-11-13-24(14-12-23)32(28,29)26-20-7-9-21(10-8-20)27-17-15-22(30-2)16-18-27/h3-14,22,26H,15-18H2,1-2H3. The van der Waals surface area contributed by atoms with Crippen molar-refractivity contribution in [2.75, 3.05) is 29.8 Å². The molecule has 6 nitrogen and oxygen atoms in total. The van der Waals surface area contributed by atoms with E-state index in [-0.39, 0.29) is 4.90 Å². The van der Waals surface area contributed by atoms with Crippen molar-refractivity contribution >= 4 is 21.4 Å². The first kappa shape index (κ1) is 22.2. The largest absolute Gasteiger partial charge is 0.457 e. The third kappa shape index (κ3) is 5.23. The highest BCUT2D eigenvalue weighted by atomic mass is 32.2. The molecule has 3 aromatic carbocycles. The van der Waals surface area contributed by atoms with Crippen LogP contribution in [0.1, 0.15) is 18.4 Å². The van der Waals surface area contributed by atoms with Crippen LogP contribution in [0.2, 0.25) is 0 Å². The van der Waals surface area contributed by atoms with E-state index in [4.69, 9.17) is 9.47 Å². The van der Waals surface area contributed by atoms with Crippen LogP contribution in [-0.2, 0) is 14.8 Å². The maximum atomic E-state index is 12.8. The van der Waals surface area contributed by atoms with Crippen molar-refractivity contribution in [2.24, 2.45) is 0 Å². The fourth-order valence-electron chi connectivity index (χ4n) is 3.79. The predicted octanol–water partition coefficient (Wildman–Crippen LogP) is 5.20. The van der Waals surface area contributed by atoms with Gasteiger partial charge in [-0.05, 0) is 79.9 Å². The van der Waals surface area contributed by atoms with Gasteiger partial charge in [-0.15, -0.1) is 0 Å². The van der Waals surface area contributed by atoms with E-state index in [0.717, 1.165) is 42.9 Å². The van der Waals surface area contributed by atoms with Crippen LogP contribution < -0.4 is 14.4 Å². The Labute approximate surface area is 189 Å². The molecule has 1 N–H and O–H groups in total. The van der Waals surface area contributed by atoms with Gasteiger partial charge in [-0.2, -0.15) is 0 Å². The van der Waals surface area contributed by atoms with E-state index in [1.807, 2.05) is 43.3 Å². The summed E-state index contributed by atoms with van der Waals surface area (Å²) in [5.41, 5.74) is 2.62. The van der Waals surface area contributed by atoms with Gasteiger partial charge in [0.25, 0.3) is 10.0 Å². The summed E-state index contributed by atoms with van der Waals surface area (Å²) < 4.78 is 39.5. The van der Waals surface area contributed by atoms with E-state index in [1.165, 1.54) is 0 Å². The quantitative estimate of drug-likeness (QED) is 0.533. The van der Waals surface area contributed by atoms with Crippen molar-refractivity contribution in [3.8, 4) is 11.5 Å². The van der Waals surface area contributed by atoms with Crippen molar-refractivity contribution in [1.29, 1.82) is 0 Å². The molecule has 1 fully saturated rings. The van der Waals surface area contributed by atoms with Gasteiger partial charge < -0.3 is 14.4 Å². The molecule has 1 aliphatic heterocycles. The summed E-state index contributed by atoms with van der Waals surface area (Å²) in [6.07, 6.45) is 2.31. The number of hydrogen-bond acceptors (Lipinski definition) is 5. The lowest BCUT2D eigenvalue weighted by Gasteiger charge is -2.33. The summed E-state index contributed by atoms with van der Waals surface area (Å²) in [5, 5.41) is 0. The van der Waals surface area contributed by atoms with Crippen LogP contribution in [0.25, 0.3) is 0 Å². The number of benzene rings is 3. The Morgan fingerprint density at radius 1 is 0.906 bits per heavy atom. The van der Waals surface area contributed by atoms with E-state index < -0.39 is 10.0 Å². The second-order valence-electron chi connectivity index (χ2n) is 7.91. The number of rotatable bonds is 7. The number of sulfonamides is 1. The first-order valence-electron chi connectivity index (χ1n) is 10.7. The molecule has 4 rings (SSSR count). The summed E-state index contributed by atoms with van der Waals surface area (Å²) in [6, 6.07) is 21.6. The number of nitrogens with zero attached hydrogens (tertiary/aromatic N) is 1. The molecule has 0 unspecified atom stereocenters. The number of methoxy groups -OCH3 is 1. The minimum Gasteiger partial charge on any atom is -0.457 e. The Bertz CT molecular complexity index is 1140. The molecule has 1 heterocycles. The zero-order valence-corrected chi connectivity index (χ0v) is 19.1. The minimum atomic E-state index is -3.70. The number of ether oxygens (including phenoxy) is 2. The number of hydrogen-bond donors (Lipinski definition) is 1. The van der Waals surface area contributed by atoms with Gasteiger partial charge in [0, 0.05) is 31.6 Å². The summed E-state index contributed by atoms with van der Waals surface area (Å²) >= 11 is 0. The molecule has 0 amide bonds. The third-order valence-electron chi connectivity index (χ3n) is 5.72. The fourth-order valence-corrected chi connectivity index (χ4v) is 4.85. The van der Waals surface area contributed by atoms with Crippen molar-refractivity contribution in [3.63, 3.8) is 0 Å². The lowest BCUT2D eigenvalue weighted by atomic mass is 10.1. The van der Waals surface area contributed by atoms with Crippen molar-refractivity contribution in [2.45, 2.75) is 30.8 Å². The maximum absolute atomic E-state index is 12.8. The predicted molar refractivity (Wildman–Crippen MR) is 127 cm³/mol. The van der Waals surface area contributed by atoms with Crippen LogP contribution in [0.4, 0.5) is 11.4 Å². The monoisotopic (exact) mass is 452 g/mol. The van der Waals surface area contributed by atoms with Gasteiger partial charge in [0.05, 0.1) is 11.0 Å². The number of aryl methyl sites for hydroxylation is 1. The summed E-state index contributed by atoms with van der Waals surface area (Å²) in [6.45, 7) is 3.83. The van der Waals surface area contributed by atoms with Gasteiger partial charge in [0.15, 0.2) is 0 Å². The molecule has 3 aromatic rings. The maximum Gasteiger partial charge on any atom is 0.261 e. The summed E-state index contributed by atoms with van der Waals surface area (Å²) in [7, 11) is -1.94. The zero-order valence-electron chi connectivity index (χ0n) is 18.3. The molecule has 0 radical (unpaired) electrons. The van der Waals surface area contributed by atoms with Crippen molar-refractivity contribution < 1.29 is 17.9 Å². The molecule has 0 aliphatic carbocycles. The smallest absolute Gasteiger partial charge is 0.261 e. The zero-order chi connectivity index (χ0) is 22.6. The lowest BCUT2D eigenvalue weighted by molar-refractivity contribution is 0.0819. The van der Waals surface area contributed by atoms with Crippen LogP contribution in [-0.4, -0.2) is 34.7 Å². The molecule has 7 heteroatoms. The van der Waals surface area contributed by atoms with Crippen LogP contribution >= 0.6 is 0 Å². The minimum absolute atomic E-state index is 0.181. The van der Waals surface area contributed by atoms with Crippen LogP contribution in [0.5, 0.6) is 11.5 Å². The van der Waals surface area contributed by atoms with E-state index in [9.17, 15) is 8.42 Å². The molecule has 1 aliphatic rings. The second-order valence-corrected chi connectivity index (χ2v) is 9.60. The van der Waals surface area contributed by atoms with Crippen LogP contribution in [0, 0.1) is 6.92 Å². The fraction of sp³-hybridized carbons (Fsp3) is 0.280. The van der Waals surface area contributed by atoms with Gasteiger partial charge >= 0.3 is 0 Å². The first-order valence-corrected chi connectivity index (χ1v) is 12.2. The number of piperidine rings is 1. The molecular weight excluding hydrogens is 424 g/mol. The molecule has 32 heavy (non-hydrogen) atoms. The van der Waals surface area contributed by atoms with Gasteiger partial charge in [0.1, 0.15) is 11.5 Å². The summed E-state index contributed by atoms with van der Waals surface area (Å²) in [5.74, 6) is 1.33. The molecule has 0 spiro atoms. The second kappa shape index (κ2) is 9.63. The van der Waals surface area contributed by atoms with Crippen LogP contribution in [0.3, 0.4) is 0 Å². The molecule has 0 aromatic heterocycles. The Balaban J connectivity index is 1.40. The SMILES string of the molecule is COC1CCN(c2ccc(NS(=O)(=O)c3ccc(Oc4ccccc4C)cc3)cc2)CC1. The van der Waals surface area contributed by atoms with E-state index in [2.05, 4.69) is 9.62 Å². The van der Waals surface area contributed by atoms with Gasteiger partial charge in [-0.25, -0.2) is 8.42 Å². The van der Waals surface area contributed by atoms with E-state index in [0.29, 0.717) is 17.5 Å². The number of nitrogens with one attached hydrogen (secondary N) is 1. The van der Waals surface area contributed by atoms with Crippen molar-refractivity contribution in [3.05, 3.63) is 78.4 Å². The third-order valence-corrected chi connectivity index (χ3v) is 7.11.